The Bertz CT molecular complexity index is 1230. The van der Waals surface area contributed by atoms with Gasteiger partial charge in [-0.3, -0.25) is 4.79 Å². The Hall–Kier alpha value is -2.65. The maximum atomic E-state index is 12.4. The predicted octanol–water partition coefficient (Wildman–Crippen LogP) is 3.13. The Kier molecular flexibility index (Phi) is 5.42. The monoisotopic (exact) mass is 432 g/mol. The number of hydrogen-bond acceptors (Lipinski definition) is 6. The van der Waals surface area contributed by atoms with Crippen molar-refractivity contribution in [3.8, 4) is 11.5 Å². The largest absolute Gasteiger partial charge is 0.454 e. The standard InChI is InChI=1S/C20H20N2O5S2/c1-2-9-22-15-11-16-17(27-13-26-16)12-18(15)28-20(22)21-19(23)8-10-29(24,25)14-6-4-3-5-7-14/h3-7,11-12H,2,8-10,13H2,1H3. The van der Waals surface area contributed by atoms with Gasteiger partial charge in [-0.15, -0.1) is 0 Å². The van der Waals surface area contributed by atoms with Gasteiger partial charge in [0.1, 0.15) is 0 Å². The van der Waals surface area contributed by atoms with Gasteiger partial charge in [0.2, 0.25) is 12.7 Å². The number of carbonyl (C=O) groups excluding carboxylic acids is 1. The van der Waals surface area contributed by atoms with Crippen LogP contribution in [0.4, 0.5) is 0 Å². The van der Waals surface area contributed by atoms with Crippen LogP contribution in [0.15, 0.2) is 52.4 Å². The lowest BCUT2D eigenvalue weighted by atomic mass is 10.3. The van der Waals surface area contributed by atoms with Gasteiger partial charge in [0.05, 0.1) is 20.9 Å². The highest BCUT2D eigenvalue weighted by atomic mass is 32.2. The zero-order chi connectivity index (χ0) is 20.4. The van der Waals surface area contributed by atoms with Crippen molar-refractivity contribution in [2.45, 2.75) is 31.2 Å². The van der Waals surface area contributed by atoms with Crippen molar-refractivity contribution in [1.82, 2.24) is 4.57 Å². The summed E-state index contributed by atoms with van der Waals surface area (Å²) in [6.45, 7) is 2.93. The van der Waals surface area contributed by atoms with Crippen LogP contribution in [-0.2, 0) is 21.2 Å². The molecule has 0 radical (unpaired) electrons. The third-order valence-electron chi connectivity index (χ3n) is 4.53. The number of fused-ring (bicyclic) bond motifs is 2. The molecule has 0 aliphatic carbocycles. The number of nitrogens with zero attached hydrogens (tertiary/aromatic N) is 2. The molecule has 0 bridgehead atoms. The number of ether oxygens (including phenoxy) is 2. The van der Waals surface area contributed by atoms with E-state index >= 15 is 0 Å². The summed E-state index contributed by atoms with van der Waals surface area (Å²) in [5.74, 6) is 0.621. The topological polar surface area (TPSA) is 87.0 Å². The third kappa shape index (κ3) is 4.06. The normalized spacial score (nSPS) is 13.9. The van der Waals surface area contributed by atoms with Gasteiger partial charge in [-0.05, 0) is 18.6 Å². The van der Waals surface area contributed by atoms with E-state index in [0.717, 1.165) is 16.6 Å². The summed E-state index contributed by atoms with van der Waals surface area (Å²) < 4.78 is 38.6. The predicted molar refractivity (Wildman–Crippen MR) is 110 cm³/mol. The highest BCUT2D eigenvalue weighted by molar-refractivity contribution is 7.91. The van der Waals surface area contributed by atoms with Crippen LogP contribution in [0.1, 0.15) is 19.8 Å². The molecule has 0 N–H and O–H groups in total. The van der Waals surface area contributed by atoms with Crippen molar-refractivity contribution in [2.75, 3.05) is 12.5 Å². The molecule has 1 aliphatic rings. The molecule has 2 aromatic carbocycles. The van der Waals surface area contributed by atoms with Gasteiger partial charge in [-0.1, -0.05) is 36.5 Å². The van der Waals surface area contributed by atoms with Gasteiger partial charge in [-0.2, -0.15) is 4.99 Å². The number of carbonyl (C=O) groups is 1. The van der Waals surface area contributed by atoms with Crippen LogP contribution in [-0.4, -0.2) is 31.4 Å². The fraction of sp³-hybridized carbons (Fsp3) is 0.300. The van der Waals surface area contributed by atoms with Gasteiger partial charge in [0.25, 0.3) is 0 Å². The quantitative estimate of drug-likeness (QED) is 0.597. The van der Waals surface area contributed by atoms with Crippen molar-refractivity contribution >= 4 is 37.3 Å². The summed E-state index contributed by atoms with van der Waals surface area (Å²) in [4.78, 5) is 17.4. The van der Waals surface area contributed by atoms with Gasteiger partial charge in [0, 0.05) is 25.1 Å². The molecule has 0 atom stereocenters. The molecule has 2 heterocycles. The van der Waals surface area contributed by atoms with Crippen molar-refractivity contribution in [3.05, 3.63) is 47.3 Å². The Labute approximate surface area is 172 Å². The number of rotatable bonds is 6. The highest BCUT2D eigenvalue weighted by Gasteiger charge is 2.19. The fourth-order valence-electron chi connectivity index (χ4n) is 3.11. The van der Waals surface area contributed by atoms with Gasteiger partial charge >= 0.3 is 0 Å². The van der Waals surface area contributed by atoms with Gasteiger partial charge in [-0.25, -0.2) is 8.42 Å². The second-order valence-corrected chi connectivity index (χ2v) is 9.72. The van der Waals surface area contributed by atoms with Crippen molar-refractivity contribution < 1.29 is 22.7 Å². The van der Waals surface area contributed by atoms with E-state index in [9.17, 15) is 13.2 Å². The number of aromatic nitrogens is 1. The van der Waals surface area contributed by atoms with Crippen LogP contribution < -0.4 is 14.3 Å². The third-order valence-corrected chi connectivity index (χ3v) is 7.30. The number of hydrogen-bond donors (Lipinski definition) is 0. The van der Waals surface area contributed by atoms with Crippen LogP contribution in [0.2, 0.25) is 0 Å². The summed E-state index contributed by atoms with van der Waals surface area (Å²) in [7, 11) is -3.52. The molecule has 1 aromatic heterocycles. The van der Waals surface area contributed by atoms with Crippen molar-refractivity contribution in [3.63, 3.8) is 0 Å². The first kappa shape index (κ1) is 19.7. The number of amides is 1. The number of thiazole rings is 1. The Balaban J connectivity index is 1.61. The van der Waals surface area contributed by atoms with Crippen molar-refractivity contribution in [1.29, 1.82) is 0 Å². The van der Waals surface area contributed by atoms with Crippen LogP contribution >= 0.6 is 11.3 Å². The lowest BCUT2D eigenvalue weighted by Gasteiger charge is -2.04. The van der Waals surface area contributed by atoms with E-state index in [0.29, 0.717) is 22.8 Å². The van der Waals surface area contributed by atoms with Crippen LogP contribution in [0.3, 0.4) is 0 Å². The molecule has 0 saturated carbocycles. The first-order valence-corrected chi connectivity index (χ1v) is 11.7. The minimum atomic E-state index is -3.52. The summed E-state index contributed by atoms with van der Waals surface area (Å²) in [6.07, 6.45) is 0.699. The summed E-state index contributed by atoms with van der Waals surface area (Å²) in [5.41, 5.74) is 0.921. The zero-order valence-corrected chi connectivity index (χ0v) is 17.5. The van der Waals surface area contributed by atoms with E-state index in [2.05, 4.69) is 4.99 Å². The van der Waals surface area contributed by atoms with Crippen LogP contribution in [0, 0.1) is 0 Å². The molecule has 0 unspecified atom stereocenters. The molecule has 0 saturated heterocycles. The molecule has 1 aliphatic heterocycles. The van der Waals surface area contributed by atoms with E-state index in [4.69, 9.17) is 9.47 Å². The average molecular weight is 433 g/mol. The number of aryl methyl sites for hydroxylation is 1. The van der Waals surface area contributed by atoms with E-state index in [-0.39, 0.29) is 23.9 Å². The molecule has 1 amide bonds. The zero-order valence-electron chi connectivity index (χ0n) is 15.8. The van der Waals surface area contributed by atoms with Gasteiger partial charge < -0.3 is 14.0 Å². The summed E-state index contributed by atoms with van der Waals surface area (Å²) in [5, 5.41) is 0. The molecule has 152 valence electrons. The second-order valence-electron chi connectivity index (χ2n) is 6.60. The maximum absolute atomic E-state index is 12.4. The molecular formula is C20H20N2O5S2. The van der Waals surface area contributed by atoms with E-state index in [1.54, 1.807) is 18.2 Å². The minimum absolute atomic E-state index is 0.166. The number of sulfone groups is 1. The molecule has 9 heteroatoms. The number of benzene rings is 2. The second kappa shape index (κ2) is 8.00. The first-order valence-electron chi connectivity index (χ1n) is 9.26. The molecular weight excluding hydrogens is 412 g/mol. The van der Waals surface area contributed by atoms with E-state index in [1.807, 2.05) is 23.6 Å². The fourth-order valence-corrected chi connectivity index (χ4v) is 5.45. The summed E-state index contributed by atoms with van der Waals surface area (Å²) >= 11 is 1.38. The van der Waals surface area contributed by atoms with Crippen LogP contribution in [0.5, 0.6) is 11.5 Å². The lowest BCUT2D eigenvalue weighted by molar-refractivity contribution is -0.117. The van der Waals surface area contributed by atoms with E-state index < -0.39 is 15.7 Å². The summed E-state index contributed by atoms with van der Waals surface area (Å²) in [6, 6.07) is 11.9. The Morgan fingerprint density at radius 2 is 1.90 bits per heavy atom. The highest BCUT2D eigenvalue weighted by Crippen LogP contribution is 2.37. The lowest BCUT2D eigenvalue weighted by Crippen LogP contribution is -2.18. The molecule has 4 rings (SSSR count). The maximum Gasteiger partial charge on any atom is 0.249 e. The van der Waals surface area contributed by atoms with Gasteiger partial charge in [0.15, 0.2) is 26.1 Å². The SMILES string of the molecule is CCCn1c(=NC(=O)CCS(=O)(=O)c2ccccc2)sc2cc3c(cc21)OCO3. The Morgan fingerprint density at radius 1 is 1.17 bits per heavy atom. The molecule has 3 aromatic rings. The van der Waals surface area contributed by atoms with Crippen LogP contribution in [0.25, 0.3) is 10.2 Å². The smallest absolute Gasteiger partial charge is 0.249 e. The molecule has 0 spiro atoms. The Morgan fingerprint density at radius 3 is 2.62 bits per heavy atom. The molecule has 29 heavy (non-hydrogen) atoms. The molecule has 0 fully saturated rings. The molecule has 7 nitrogen and oxygen atoms in total. The first-order chi connectivity index (χ1) is 14.0. The average Bonchev–Trinajstić information content (AvgIpc) is 3.30. The van der Waals surface area contributed by atoms with Crippen molar-refractivity contribution in [2.24, 2.45) is 4.99 Å². The minimum Gasteiger partial charge on any atom is -0.454 e. The van der Waals surface area contributed by atoms with E-state index in [1.165, 1.54) is 23.5 Å².